The van der Waals surface area contributed by atoms with Gasteiger partial charge >= 0.3 is 12.1 Å². The van der Waals surface area contributed by atoms with Gasteiger partial charge in [-0.3, -0.25) is 4.79 Å². The normalized spacial score (nSPS) is 13.7. The third-order valence-corrected chi connectivity index (χ3v) is 5.71. The number of amides is 1. The zero-order valence-corrected chi connectivity index (χ0v) is 20.6. The third kappa shape index (κ3) is 7.01. The third-order valence-electron chi connectivity index (χ3n) is 5.71. The highest BCUT2D eigenvalue weighted by Gasteiger charge is 2.36. The lowest BCUT2D eigenvalue weighted by Gasteiger charge is -2.43. The van der Waals surface area contributed by atoms with Gasteiger partial charge in [0.1, 0.15) is 11.9 Å². The molecule has 0 bridgehead atoms. The van der Waals surface area contributed by atoms with Gasteiger partial charge in [-0.25, -0.2) is 4.79 Å². The van der Waals surface area contributed by atoms with Crippen LogP contribution in [0.2, 0.25) is 0 Å². The van der Waals surface area contributed by atoms with Crippen molar-refractivity contribution in [3.8, 4) is 5.75 Å². The molecule has 1 rings (SSSR count). The molecule has 6 nitrogen and oxygen atoms in total. The van der Waals surface area contributed by atoms with E-state index in [-0.39, 0.29) is 23.2 Å². The SMILES string of the molecule is CC(OC(=O)C(C)(C)C)c1ccc(OC(=O)N(C)C(C)(C)CC(C)(C)N(C)C)cc1. The monoisotopic (exact) mass is 420 g/mol. The second kappa shape index (κ2) is 9.38. The van der Waals surface area contributed by atoms with Crippen molar-refractivity contribution >= 4 is 12.1 Å². The highest BCUT2D eigenvalue weighted by atomic mass is 16.6. The summed E-state index contributed by atoms with van der Waals surface area (Å²) in [6.07, 6.45) is -0.000328. The molecule has 1 aromatic rings. The van der Waals surface area contributed by atoms with Gasteiger partial charge in [0.05, 0.1) is 5.41 Å². The minimum Gasteiger partial charge on any atom is -0.457 e. The molecule has 0 heterocycles. The first-order valence-electron chi connectivity index (χ1n) is 10.4. The van der Waals surface area contributed by atoms with Gasteiger partial charge in [0.15, 0.2) is 0 Å². The lowest BCUT2D eigenvalue weighted by molar-refractivity contribution is -0.158. The molecule has 0 saturated heterocycles. The van der Waals surface area contributed by atoms with Crippen molar-refractivity contribution in [1.29, 1.82) is 0 Å². The summed E-state index contributed by atoms with van der Waals surface area (Å²) in [6, 6.07) is 7.06. The molecule has 1 unspecified atom stereocenters. The average molecular weight is 421 g/mol. The van der Waals surface area contributed by atoms with Crippen LogP contribution < -0.4 is 4.74 Å². The lowest BCUT2D eigenvalue weighted by Crippen LogP contribution is -2.53. The Bertz CT molecular complexity index is 731. The van der Waals surface area contributed by atoms with E-state index in [0.29, 0.717) is 5.75 Å². The van der Waals surface area contributed by atoms with Crippen LogP contribution >= 0.6 is 0 Å². The Labute approximate surface area is 182 Å². The summed E-state index contributed by atoms with van der Waals surface area (Å²) >= 11 is 0. The Hall–Kier alpha value is -2.08. The van der Waals surface area contributed by atoms with Gasteiger partial charge in [0.2, 0.25) is 0 Å². The maximum absolute atomic E-state index is 12.7. The minimum absolute atomic E-state index is 0.0691. The molecule has 0 aliphatic heterocycles. The Kier molecular flexibility index (Phi) is 8.11. The van der Waals surface area contributed by atoms with Crippen molar-refractivity contribution in [3.63, 3.8) is 0 Å². The fraction of sp³-hybridized carbons (Fsp3) is 0.667. The highest BCUT2D eigenvalue weighted by molar-refractivity contribution is 5.75. The van der Waals surface area contributed by atoms with E-state index in [1.807, 2.05) is 67.8 Å². The van der Waals surface area contributed by atoms with Crippen LogP contribution in [0.1, 0.15) is 73.5 Å². The Balaban J connectivity index is 2.79. The topological polar surface area (TPSA) is 59.1 Å². The fourth-order valence-corrected chi connectivity index (χ4v) is 2.96. The summed E-state index contributed by atoms with van der Waals surface area (Å²) in [5.74, 6) is 0.197. The number of nitrogens with zero attached hydrogens (tertiary/aromatic N) is 2. The first kappa shape index (κ1) is 26.0. The molecule has 1 amide bonds. The van der Waals surface area contributed by atoms with Crippen LogP contribution in [0.15, 0.2) is 24.3 Å². The maximum Gasteiger partial charge on any atom is 0.415 e. The second-order valence-corrected chi connectivity index (χ2v) is 10.5. The van der Waals surface area contributed by atoms with Gasteiger partial charge in [0.25, 0.3) is 0 Å². The molecule has 30 heavy (non-hydrogen) atoms. The number of carbonyl (C=O) groups is 2. The van der Waals surface area contributed by atoms with Crippen LogP contribution in [-0.2, 0) is 9.53 Å². The largest absolute Gasteiger partial charge is 0.457 e. The van der Waals surface area contributed by atoms with Crippen LogP contribution in [0.4, 0.5) is 4.79 Å². The van der Waals surface area contributed by atoms with Crippen LogP contribution in [-0.4, -0.2) is 54.1 Å². The number of rotatable bonds is 7. The van der Waals surface area contributed by atoms with E-state index in [0.717, 1.165) is 12.0 Å². The van der Waals surface area contributed by atoms with E-state index in [2.05, 4.69) is 18.7 Å². The lowest BCUT2D eigenvalue weighted by atomic mass is 9.85. The fourth-order valence-electron chi connectivity index (χ4n) is 2.96. The van der Waals surface area contributed by atoms with Gasteiger partial charge in [-0.05, 0) is 93.6 Å². The molecule has 0 aromatic heterocycles. The zero-order chi connectivity index (χ0) is 23.5. The van der Waals surface area contributed by atoms with E-state index < -0.39 is 11.5 Å². The summed E-state index contributed by atoms with van der Waals surface area (Å²) in [5, 5.41) is 0. The molecular weight excluding hydrogens is 380 g/mol. The van der Waals surface area contributed by atoms with E-state index in [1.165, 1.54) is 0 Å². The number of benzene rings is 1. The molecule has 0 aliphatic rings. The first-order chi connectivity index (χ1) is 13.5. The quantitative estimate of drug-likeness (QED) is 0.562. The van der Waals surface area contributed by atoms with E-state index in [9.17, 15) is 9.59 Å². The van der Waals surface area contributed by atoms with E-state index in [4.69, 9.17) is 9.47 Å². The summed E-state index contributed by atoms with van der Waals surface area (Å²) in [7, 11) is 5.84. The van der Waals surface area contributed by atoms with Crippen molar-refractivity contribution in [1.82, 2.24) is 9.80 Å². The summed E-state index contributed by atoms with van der Waals surface area (Å²) in [6.45, 7) is 15.7. The molecule has 0 spiro atoms. The van der Waals surface area contributed by atoms with Crippen molar-refractivity contribution in [3.05, 3.63) is 29.8 Å². The van der Waals surface area contributed by atoms with E-state index >= 15 is 0 Å². The molecule has 0 radical (unpaired) electrons. The maximum atomic E-state index is 12.7. The number of hydrogen-bond donors (Lipinski definition) is 0. The van der Waals surface area contributed by atoms with E-state index in [1.54, 1.807) is 24.1 Å². The molecular formula is C24H40N2O4. The molecule has 0 saturated carbocycles. The van der Waals surface area contributed by atoms with Crippen LogP contribution in [0.3, 0.4) is 0 Å². The van der Waals surface area contributed by atoms with Gasteiger partial charge in [-0.1, -0.05) is 12.1 Å². The van der Waals surface area contributed by atoms with Crippen molar-refractivity contribution in [2.45, 2.75) is 79.0 Å². The predicted octanol–water partition coefficient (Wildman–Crippen LogP) is 5.28. The number of carbonyl (C=O) groups excluding carboxylic acids is 2. The smallest absolute Gasteiger partial charge is 0.415 e. The Morgan fingerprint density at radius 1 is 0.900 bits per heavy atom. The van der Waals surface area contributed by atoms with Crippen LogP contribution in [0.5, 0.6) is 5.75 Å². The second-order valence-electron chi connectivity index (χ2n) is 10.5. The molecule has 170 valence electrons. The summed E-state index contributed by atoms with van der Waals surface area (Å²) < 4.78 is 11.1. The number of esters is 1. The molecule has 0 aliphatic carbocycles. The Morgan fingerprint density at radius 2 is 1.40 bits per heavy atom. The Morgan fingerprint density at radius 3 is 1.83 bits per heavy atom. The van der Waals surface area contributed by atoms with Gasteiger partial charge in [-0.2, -0.15) is 0 Å². The average Bonchev–Trinajstić information content (AvgIpc) is 2.59. The molecule has 0 fully saturated rings. The van der Waals surface area contributed by atoms with Gasteiger partial charge in [-0.15, -0.1) is 0 Å². The van der Waals surface area contributed by atoms with Crippen LogP contribution in [0.25, 0.3) is 0 Å². The van der Waals surface area contributed by atoms with Crippen molar-refractivity contribution in [2.75, 3.05) is 21.1 Å². The summed E-state index contributed by atoms with van der Waals surface area (Å²) in [5.41, 5.74) is -0.169. The van der Waals surface area contributed by atoms with Crippen molar-refractivity contribution in [2.24, 2.45) is 5.41 Å². The number of hydrogen-bond acceptors (Lipinski definition) is 5. The standard InChI is InChI=1S/C24H40N2O4/c1-17(29-20(27)22(2,3)4)18-12-14-19(15-13-18)30-21(28)26(11)24(7,8)16-23(5,6)25(9)10/h12-15,17H,16H2,1-11H3. The summed E-state index contributed by atoms with van der Waals surface area (Å²) in [4.78, 5) is 28.6. The molecule has 6 heteroatoms. The van der Waals surface area contributed by atoms with Crippen LogP contribution in [0, 0.1) is 5.41 Å². The number of ether oxygens (including phenoxy) is 2. The van der Waals surface area contributed by atoms with Crippen molar-refractivity contribution < 1.29 is 19.1 Å². The highest BCUT2D eigenvalue weighted by Crippen LogP contribution is 2.29. The van der Waals surface area contributed by atoms with Gasteiger partial charge in [0, 0.05) is 18.1 Å². The van der Waals surface area contributed by atoms with Gasteiger partial charge < -0.3 is 19.3 Å². The first-order valence-corrected chi connectivity index (χ1v) is 10.4. The molecule has 0 N–H and O–H groups in total. The molecule has 1 atom stereocenters. The minimum atomic E-state index is -0.553. The zero-order valence-electron chi connectivity index (χ0n) is 20.6. The molecule has 1 aromatic carbocycles. The predicted molar refractivity (Wildman–Crippen MR) is 121 cm³/mol.